The van der Waals surface area contributed by atoms with Crippen LogP contribution in [0.25, 0.3) is 0 Å². The Bertz CT molecular complexity index is 327. The van der Waals surface area contributed by atoms with Crippen molar-refractivity contribution in [1.29, 1.82) is 0 Å². The third-order valence-electron chi connectivity index (χ3n) is 3.40. The fraction of sp³-hybridized carbons (Fsp3) is 0.625. The number of hydrogen-bond acceptors (Lipinski definition) is 2. The highest BCUT2D eigenvalue weighted by molar-refractivity contribution is 5.29. The Kier molecular flexibility index (Phi) is 6.20. The van der Waals surface area contributed by atoms with E-state index < -0.39 is 0 Å². The summed E-state index contributed by atoms with van der Waals surface area (Å²) in [5, 5.41) is 0. The second-order valence-electron chi connectivity index (χ2n) is 5.38. The van der Waals surface area contributed by atoms with Gasteiger partial charge in [-0.05, 0) is 29.5 Å². The first-order valence-corrected chi connectivity index (χ1v) is 7.06. The Morgan fingerprint density at radius 3 is 2.06 bits per heavy atom. The van der Waals surface area contributed by atoms with Crippen molar-refractivity contribution in [2.45, 2.75) is 46.6 Å². The first-order valence-electron chi connectivity index (χ1n) is 7.06. The van der Waals surface area contributed by atoms with E-state index >= 15 is 0 Å². The Balaban J connectivity index is 2.64. The molecule has 102 valence electrons. The summed E-state index contributed by atoms with van der Waals surface area (Å²) in [7, 11) is 0. The zero-order valence-corrected chi connectivity index (χ0v) is 12.1. The van der Waals surface area contributed by atoms with Gasteiger partial charge >= 0.3 is 0 Å². The lowest BCUT2D eigenvalue weighted by Crippen LogP contribution is -2.20. The smallest absolute Gasteiger partial charge is 0.119 e. The Hall–Kier alpha value is -1.02. The van der Waals surface area contributed by atoms with Gasteiger partial charge in [-0.15, -0.1) is 0 Å². The molecule has 1 aromatic carbocycles. The normalized spacial score (nSPS) is 13.1. The Morgan fingerprint density at radius 2 is 1.61 bits per heavy atom. The van der Waals surface area contributed by atoms with E-state index in [0.717, 1.165) is 25.2 Å². The molecule has 1 unspecified atom stereocenters. The zero-order valence-electron chi connectivity index (χ0n) is 12.1. The van der Waals surface area contributed by atoms with Gasteiger partial charge in [0, 0.05) is 6.04 Å². The molecule has 2 heteroatoms. The van der Waals surface area contributed by atoms with Gasteiger partial charge in [0.15, 0.2) is 0 Å². The Morgan fingerprint density at radius 1 is 1.06 bits per heavy atom. The van der Waals surface area contributed by atoms with Crippen LogP contribution in [0.15, 0.2) is 24.3 Å². The summed E-state index contributed by atoms with van der Waals surface area (Å²) in [5.74, 6) is 2.05. The first-order chi connectivity index (χ1) is 8.58. The van der Waals surface area contributed by atoms with Crippen molar-refractivity contribution in [2.24, 2.45) is 17.6 Å². The molecule has 0 saturated heterocycles. The fourth-order valence-corrected chi connectivity index (χ4v) is 2.12. The van der Waals surface area contributed by atoms with Crippen LogP contribution >= 0.6 is 0 Å². The van der Waals surface area contributed by atoms with Gasteiger partial charge in [0.05, 0.1) is 6.61 Å². The van der Waals surface area contributed by atoms with Crippen molar-refractivity contribution in [2.75, 3.05) is 6.61 Å². The molecular weight excluding hydrogens is 222 g/mol. The highest BCUT2D eigenvalue weighted by Gasteiger charge is 2.15. The molecule has 0 heterocycles. The molecule has 1 aromatic rings. The lowest BCUT2D eigenvalue weighted by Gasteiger charge is -2.21. The van der Waals surface area contributed by atoms with E-state index in [1.807, 2.05) is 12.1 Å². The molecule has 0 radical (unpaired) electrons. The molecule has 0 aliphatic carbocycles. The minimum atomic E-state index is 0.138. The first kappa shape index (κ1) is 15.0. The van der Waals surface area contributed by atoms with Gasteiger partial charge in [0.1, 0.15) is 5.75 Å². The fourth-order valence-electron chi connectivity index (χ4n) is 2.12. The minimum Gasteiger partial charge on any atom is -0.493 e. The molecule has 0 aromatic heterocycles. The van der Waals surface area contributed by atoms with E-state index in [0.29, 0.717) is 11.8 Å². The maximum absolute atomic E-state index is 6.29. The van der Waals surface area contributed by atoms with E-state index in [9.17, 15) is 0 Å². The van der Waals surface area contributed by atoms with E-state index in [1.54, 1.807) is 0 Å². The predicted octanol–water partition coefficient (Wildman–Crippen LogP) is 4.16. The zero-order chi connectivity index (χ0) is 13.5. The molecule has 1 atom stereocenters. The standard InChI is InChI=1S/C16H27NO/c1-5-13(6-2)16(17)14-7-9-15(10-8-14)18-11-12(3)4/h7-10,12-13,16H,5-6,11,17H2,1-4H3. The monoisotopic (exact) mass is 249 g/mol. The topological polar surface area (TPSA) is 35.2 Å². The third kappa shape index (κ3) is 4.34. The second-order valence-corrected chi connectivity index (χ2v) is 5.38. The van der Waals surface area contributed by atoms with Gasteiger partial charge in [-0.25, -0.2) is 0 Å². The number of benzene rings is 1. The SMILES string of the molecule is CCC(CC)C(N)c1ccc(OCC(C)C)cc1. The lowest BCUT2D eigenvalue weighted by atomic mass is 9.90. The summed E-state index contributed by atoms with van der Waals surface area (Å²) >= 11 is 0. The third-order valence-corrected chi connectivity index (χ3v) is 3.40. The van der Waals surface area contributed by atoms with Gasteiger partial charge in [0.2, 0.25) is 0 Å². The van der Waals surface area contributed by atoms with Crippen LogP contribution in [0.3, 0.4) is 0 Å². The van der Waals surface area contributed by atoms with Crippen molar-refractivity contribution in [3.8, 4) is 5.75 Å². The summed E-state index contributed by atoms with van der Waals surface area (Å²) in [6.45, 7) is 9.47. The van der Waals surface area contributed by atoms with Gasteiger partial charge in [-0.1, -0.05) is 52.7 Å². The molecule has 2 nitrogen and oxygen atoms in total. The van der Waals surface area contributed by atoms with Gasteiger partial charge in [-0.2, -0.15) is 0 Å². The molecule has 2 N–H and O–H groups in total. The van der Waals surface area contributed by atoms with Crippen LogP contribution in [0.2, 0.25) is 0 Å². The van der Waals surface area contributed by atoms with Crippen LogP contribution in [-0.4, -0.2) is 6.61 Å². The van der Waals surface area contributed by atoms with Crippen molar-refractivity contribution in [1.82, 2.24) is 0 Å². The van der Waals surface area contributed by atoms with Gasteiger partial charge < -0.3 is 10.5 Å². The summed E-state index contributed by atoms with van der Waals surface area (Å²) in [4.78, 5) is 0. The van der Waals surface area contributed by atoms with Crippen LogP contribution in [-0.2, 0) is 0 Å². The van der Waals surface area contributed by atoms with Crippen molar-refractivity contribution < 1.29 is 4.74 Å². The predicted molar refractivity (Wildman–Crippen MR) is 77.8 cm³/mol. The molecule has 0 saturated carbocycles. The van der Waals surface area contributed by atoms with E-state index in [4.69, 9.17) is 10.5 Å². The number of nitrogens with two attached hydrogens (primary N) is 1. The largest absolute Gasteiger partial charge is 0.493 e. The highest BCUT2D eigenvalue weighted by Crippen LogP contribution is 2.26. The summed E-state index contributed by atoms with van der Waals surface area (Å²) in [6.07, 6.45) is 2.26. The maximum atomic E-state index is 6.29. The van der Waals surface area contributed by atoms with Crippen molar-refractivity contribution in [3.63, 3.8) is 0 Å². The molecular formula is C16H27NO. The lowest BCUT2D eigenvalue weighted by molar-refractivity contribution is 0.271. The van der Waals surface area contributed by atoms with Crippen LogP contribution in [0, 0.1) is 11.8 Å². The quantitative estimate of drug-likeness (QED) is 0.787. The number of ether oxygens (including phenoxy) is 1. The summed E-state index contributed by atoms with van der Waals surface area (Å²) in [5.41, 5.74) is 7.50. The number of rotatable bonds is 7. The van der Waals surface area contributed by atoms with E-state index in [-0.39, 0.29) is 6.04 Å². The molecule has 0 aliphatic rings. The Labute approximate surface area is 112 Å². The molecule has 0 bridgehead atoms. The van der Waals surface area contributed by atoms with Crippen LogP contribution in [0.1, 0.15) is 52.1 Å². The molecule has 0 amide bonds. The minimum absolute atomic E-state index is 0.138. The summed E-state index contributed by atoms with van der Waals surface area (Å²) in [6, 6.07) is 8.39. The van der Waals surface area contributed by atoms with Crippen molar-refractivity contribution >= 4 is 0 Å². The maximum Gasteiger partial charge on any atom is 0.119 e. The van der Waals surface area contributed by atoms with Gasteiger partial charge in [-0.3, -0.25) is 0 Å². The molecule has 0 fully saturated rings. The average Bonchev–Trinajstić information content (AvgIpc) is 2.38. The highest BCUT2D eigenvalue weighted by atomic mass is 16.5. The molecule has 0 spiro atoms. The van der Waals surface area contributed by atoms with Crippen LogP contribution < -0.4 is 10.5 Å². The van der Waals surface area contributed by atoms with Crippen molar-refractivity contribution in [3.05, 3.63) is 29.8 Å². The second kappa shape index (κ2) is 7.42. The van der Waals surface area contributed by atoms with Crippen LogP contribution in [0.5, 0.6) is 5.75 Å². The van der Waals surface area contributed by atoms with E-state index in [2.05, 4.69) is 39.8 Å². The van der Waals surface area contributed by atoms with E-state index in [1.165, 1.54) is 5.56 Å². The number of hydrogen-bond donors (Lipinski definition) is 1. The average molecular weight is 249 g/mol. The molecule has 1 rings (SSSR count). The molecule has 18 heavy (non-hydrogen) atoms. The van der Waals surface area contributed by atoms with Gasteiger partial charge in [0.25, 0.3) is 0 Å². The summed E-state index contributed by atoms with van der Waals surface area (Å²) < 4.78 is 5.67. The molecule has 0 aliphatic heterocycles. The van der Waals surface area contributed by atoms with Crippen LogP contribution in [0.4, 0.5) is 0 Å².